The molecule has 0 atom stereocenters. The van der Waals surface area contributed by atoms with Crippen molar-refractivity contribution >= 4 is 11.8 Å². The second-order valence-corrected chi connectivity index (χ2v) is 6.69. The molecule has 0 radical (unpaired) electrons. The third-order valence-electron chi connectivity index (χ3n) is 4.79. The van der Waals surface area contributed by atoms with Gasteiger partial charge in [0.15, 0.2) is 11.5 Å². The first-order valence-electron chi connectivity index (χ1n) is 9.36. The van der Waals surface area contributed by atoms with Gasteiger partial charge in [-0.15, -0.1) is 0 Å². The average molecular weight is 383 g/mol. The Balaban J connectivity index is 1.65. The molecule has 1 fully saturated rings. The topological polar surface area (TPSA) is 80.8 Å². The Bertz CT molecular complexity index is 847. The number of carbonyl (C=O) groups is 2. The van der Waals surface area contributed by atoms with Gasteiger partial charge in [-0.2, -0.15) is 0 Å². The Morgan fingerprint density at radius 2 is 1.71 bits per heavy atom. The first kappa shape index (κ1) is 19.7. The van der Waals surface area contributed by atoms with Crippen molar-refractivity contribution in [3.63, 3.8) is 0 Å². The molecule has 7 heteroatoms. The fourth-order valence-electron chi connectivity index (χ4n) is 3.24. The maximum absolute atomic E-state index is 12.6. The average Bonchev–Trinajstić information content (AvgIpc) is 2.77. The van der Waals surface area contributed by atoms with E-state index < -0.39 is 0 Å². The van der Waals surface area contributed by atoms with Gasteiger partial charge in [0.25, 0.3) is 11.8 Å². The molecule has 3 rings (SSSR count). The lowest BCUT2D eigenvalue weighted by Crippen LogP contribution is -2.35. The van der Waals surface area contributed by atoms with Gasteiger partial charge in [0.05, 0.1) is 25.3 Å². The van der Waals surface area contributed by atoms with Crippen LogP contribution in [0.5, 0.6) is 11.5 Å². The Morgan fingerprint density at radius 1 is 1.00 bits per heavy atom. The second-order valence-electron chi connectivity index (χ2n) is 6.69. The van der Waals surface area contributed by atoms with E-state index in [1.165, 1.54) is 12.4 Å². The first-order valence-corrected chi connectivity index (χ1v) is 9.36. The highest BCUT2D eigenvalue weighted by atomic mass is 16.5. The maximum atomic E-state index is 12.6. The van der Waals surface area contributed by atoms with E-state index in [4.69, 9.17) is 9.47 Å². The molecular weight excluding hydrogens is 358 g/mol. The summed E-state index contributed by atoms with van der Waals surface area (Å²) in [6, 6.07) is 7.07. The molecule has 1 aliphatic rings. The van der Waals surface area contributed by atoms with Crippen LogP contribution in [-0.4, -0.2) is 49.0 Å². The number of benzene rings is 1. The molecule has 2 amide bonds. The number of hydrogen-bond acceptors (Lipinski definition) is 5. The van der Waals surface area contributed by atoms with E-state index in [0.717, 1.165) is 37.9 Å². The molecule has 2 aromatic rings. The van der Waals surface area contributed by atoms with Crippen LogP contribution in [0.1, 0.15) is 45.5 Å². The molecule has 7 nitrogen and oxygen atoms in total. The van der Waals surface area contributed by atoms with Crippen LogP contribution in [0.15, 0.2) is 36.7 Å². The van der Waals surface area contributed by atoms with Crippen molar-refractivity contribution in [2.45, 2.75) is 25.8 Å². The van der Waals surface area contributed by atoms with Crippen LogP contribution < -0.4 is 14.8 Å². The zero-order chi connectivity index (χ0) is 19.9. The van der Waals surface area contributed by atoms with Crippen LogP contribution in [-0.2, 0) is 6.54 Å². The lowest BCUT2D eigenvalue weighted by molar-refractivity contribution is 0.0724. The van der Waals surface area contributed by atoms with E-state index in [2.05, 4.69) is 10.3 Å². The van der Waals surface area contributed by atoms with Crippen LogP contribution in [0.2, 0.25) is 0 Å². The van der Waals surface area contributed by atoms with Crippen molar-refractivity contribution in [1.82, 2.24) is 15.2 Å². The number of hydrogen-bond donors (Lipinski definition) is 1. The molecule has 0 bridgehead atoms. The van der Waals surface area contributed by atoms with Crippen molar-refractivity contribution in [3.05, 3.63) is 53.3 Å². The smallest absolute Gasteiger partial charge is 0.255 e. The molecule has 2 heterocycles. The monoisotopic (exact) mass is 383 g/mol. The van der Waals surface area contributed by atoms with E-state index >= 15 is 0 Å². The minimum atomic E-state index is -0.282. The van der Waals surface area contributed by atoms with Gasteiger partial charge in [-0.1, -0.05) is 6.07 Å². The molecular formula is C21H25N3O4. The highest BCUT2D eigenvalue weighted by molar-refractivity contribution is 5.99. The van der Waals surface area contributed by atoms with E-state index in [1.807, 2.05) is 17.0 Å². The van der Waals surface area contributed by atoms with E-state index in [-0.39, 0.29) is 11.8 Å². The standard InChI is InChI=1S/C21H25N3O4/c1-27-18-7-6-15(10-19(18)28-2)12-23-20(25)16-11-17(14-22-13-16)21(26)24-8-4-3-5-9-24/h6-7,10-11,13-14H,3-5,8-9,12H2,1-2H3,(H,23,25). The Labute approximate surface area is 164 Å². The number of nitrogens with zero attached hydrogens (tertiary/aromatic N) is 2. The number of piperidine rings is 1. The Kier molecular flexibility index (Phi) is 6.47. The zero-order valence-electron chi connectivity index (χ0n) is 16.2. The molecule has 0 spiro atoms. The summed E-state index contributed by atoms with van der Waals surface area (Å²) in [5.74, 6) is 0.882. The number of aromatic nitrogens is 1. The third kappa shape index (κ3) is 4.60. The van der Waals surface area contributed by atoms with Gasteiger partial charge in [0, 0.05) is 32.0 Å². The minimum absolute atomic E-state index is 0.0678. The fraction of sp³-hybridized carbons (Fsp3) is 0.381. The molecule has 1 aliphatic heterocycles. The molecule has 1 N–H and O–H groups in total. The predicted octanol–water partition coefficient (Wildman–Crippen LogP) is 2.65. The lowest BCUT2D eigenvalue weighted by Gasteiger charge is -2.26. The van der Waals surface area contributed by atoms with Gasteiger partial charge in [-0.05, 0) is 43.0 Å². The summed E-state index contributed by atoms with van der Waals surface area (Å²) in [5, 5.41) is 2.85. The highest BCUT2D eigenvalue weighted by Crippen LogP contribution is 2.27. The Morgan fingerprint density at radius 3 is 2.43 bits per heavy atom. The molecule has 0 aliphatic carbocycles. The van der Waals surface area contributed by atoms with Gasteiger partial charge >= 0.3 is 0 Å². The van der Waals surface area contributed by atoms with Crippen molar-refractivity contribution in [2.75, 3.05) is 27.3 Å². The van der Waals surface area contributed by atoms with Crippen LogP contribution in [0.25, 0.3) is 0 Å². The first-order chi connectivity index (χ1) is 13.6. The normalized spacial score (nSPS) is 13.7. The summed E-state index contributed by atoms with van der Waals surface area (Å²) in [6.45, 7) is 1.84. The number of ether oxygens (including phenoxy) is 2. The predicted molar refractivity (Wildman–Crippen MR) is 105 cm³/mol. The van der Waals surface area contributed by atoms with Gasteiger partial charge in [-0.3, -0.25) is 14.6 Å². The number of likely N-dealkylation sites (tertiary alicyclic amines) is 1. The van der Waals surface area contributed by atoms with Crippen LogP contribution in [0, 0.1) is 0 Å². The number of methoxy groups -OCH3 is 2. The van der Waals surface area contributed by atoms with Crippen LogP contribution in [0.4, 0.5) is 0 Å². The summed E-state index contributed by atoms with van der Waals surface area (Å²) in [6.07, 6.45) is 6.18. The summed E-state index contributed by atoms with van der Waals surface area (Å²) in [5.41, 5.74) is 1.68. The lowest BCUT2D eigenvalue weighted by atomic mass is 10.1. The minimum Gasteiger partial charge on any atom is -0.493 e. The second kappa shape index (κ2) is 9.21. The van der Waals surface area contributed by atoms with Crippen molar-refractivity contribution in [2.24, 2.45) is 0 Å². The molecule has 148 valence electrons. The number of carbonyl (C=O) groups excluding carboxylic acids is 2. The molecule has 28 heavy (non-hydrogen) atoms. The van der Waals surface area contributed by atoms with Crippen molar-refractivity contribution < 1.29 is 19.1 Å². The van der Waals surface area contributed by atoms with Gasteiger partial charge < -0.3 is 19.7 Å². The summed E-state index contributed by atoms with van der Waals surface area (Å²) in [4.78, 5) is 31.0. The number of pyridine rings is 1. The number of nitrogens with one attached hydrogen (secondary N) is 1. The quantitative estimate of drug-likeness (QED) is 0.829. The van der Waals surface area contributed by atoms with Crippen molar-refractivity contribution in [1.29, 1.82) is 0 Å². The molecule has 0 unspecified atom stereocenters. The van der Waals surface area contributed by atoms with Crippen LogP contribution in [0.3, 0.4) is 0 Å². The molecule has 1 saturated heterocycles. The number of amides is 2. The highest BCUT2D eigenvalue weighted by Gasteiger charge is 2.19. The van der Waals surface area contributed by atoms with Crippen LogP contribution >= 0.6 is 0 Å². The van der Waals surface area contributed by atoms with Gasteiger partial charge in [-0.25, -0.2) is 0 Å². The third-order valence-corrected chi connectivity index (χ3v) is 4.79. The summed E-state index contributed by atoms with van der Waals surface area (Å²) in [7, 11) is 3.14. The molecule has 0 saturated carbocycles. The summed E-state index contributed by atoms with van der Waals surface area (Å²) >= 11 is 0. The maximum Gasteiger partial charge on any atom is 0.255 e. The molecule has 1 aromatic carbocycles. The van der Waals surface area contributed by atoms with E-state index in [1.54, 1.807) is 26.4 Å². The SMILES string of the molecule is COc1ccc(CNC(=O)c2cncc(C(=O)N3CCCCC3)c2)cc1OC. The van der Waals surface area contributed by atoms with Gasteiger partial charge in [0.1, 0.15) is 0 Å². The van der Waals surface area contributed by atoms with E-state index in [0.29, 0.717) is 29.2 Å². The molecule has 1 aromatic heterocycles. The van der Waals surface area contributed by atoms with E-state index in [9.17, 15) is 9.59 Å². The Hall–Kier alpha value is -3.09. The summed E-state index contributed by atoms with van der Waals surface area (Å²) < 4.78 is 10.5. The number of rotatable bonds is 6. The largest absolute Gasteiger partial charge is 0.493 e. The van der Waals surface area contributed by atoms with Crippen molar-refractivity contribution in [3.8, 4) is 11.5 Å². The zero-order valence-corrected chi connectivity index (χ0v) is 16.2. The fourth-order valence-corrected chi connectivity index (χ4v) is 3.24. The van der Waals surface area contributed by atoms with Gasteiger partial charge in [0.2, 0.25) is 0 Å².